The van der Waals surface area contributed by atoms with Gasteiger partial charge in [-0.15, -0.1) is 0 Å². The molecule has 6 nitrogen and oxygen atoms in total. The van der Waals surface area contributed by atoms with Gasteiger partial charge in [0, 0.05) is 25.6 Å². The zero-order valence-electron chi connectivity index (χ0n) is 12.1. The van der Waals surface area contributed by atoms with Crippen molar-refractivity contribution in [2.24, 2.45) is 11.3 Å². The van der Waals surface area contributed by atoms with Gasteiger partial charge in [0.25, 0.3) is 0 Å². The number of nitrogens with zero attached hydrogens (tertiary/aromatic N) is 1. The smallest absolute Gasteiger partial charge is 0.311 e. The van der Waals surface area contributed by atoms with Gasteiger partial charge >= 0.3 is 5.97 Å². The minimum absolute atomic E-state index is 0.0615. The van der Waals surface area contributed by atoms with Gasteiger partial charge in [-0.05, 0) is 25.7 Å². The van der Waals surface area contributed by atoms with Gasteiger partial charge in [0.2, 0.25) is 11.8 Å². The lowest BCUT2D eigenvalue weighted by Crippen LogP contribution is -2.43. The van der Waals surface area contributed by atoms with Crippen LogP contribution >= 0.6 is 0 Å². The molecule has 3 fully saturated rings. The summed E-state index contributed by atoms with van der Waals surface area (Å²) in [5, 5.41) is 12.2. The Bertz CT molecular complexity index is 466. The Hall–Kier alpha value is -1.59. The Morgan fingerprint density at radius 1 is 1.29 bits per heavy atom. The fraction of sp³-hybridized carbons (Fsp3) is 0.800. The van der Waals surface area contributed by atoms with Crippen molar-refractivity contribution in [3.05, 3.63) is 0 Å². The van der Waals surface area contributed by atoms with E-state index in [4.69, 9.17) is 0 Å². The number of aliphatic carboxylic acids is 1. The summed E-state index contributed by atoms with van der Waals surface area (Å²) in [4.78, 5) is 37.3. The maximum atomic E-state index is 12.2. The number of carboxylic acids is 1. The summed E-state index contributed by atoms with van der Waals surface area (Å²) in [6, 6.07) is 0.343. The number of carbonyl (C=O) groups is 3. The standard InChI is InChI=1S/C15H22N2O4/c18-12-7-10(8-17(12)11-3-4-11)13(19)16-9-15(14(20)21)5-1-2-6-15/h10-11H,1-9H2,(H,16,19)(H,20,21). The van der Waals surface area contributed by atoms with Crippen LogP contribution in [0.5, 0.6) is 0 Å². The molecule has 0 spiro atoms. The number of hydrogen-bond donors (Lipinski definition) is 2. The molecule has 2 aliphatic carbocycles. The van der Waals surface area contributed by atoms with Crippen molar-refractivity contribution in [3.8, 4) is 0 Å². The second-order valence-electron chi connectivity index (χ2n) is 6.69. The van der Waals surface area contributed by atoms with E-state index in [9.17, 15) is 19.5 Å². The van der Waals surface area contributed by atoms with Crippen molar-refractivity contribution >= 4 is 17.8 Å². The molecule has 0 bridgehead atoms. The van der Waals surface area contributed by atoms with Crippen molar-refractivity contribution in [2.75, 3.05) is 13.1 Å². The second kappa shape index (κ2) is 5.31. The number of carboxylic acid groups (broad SMARTS) is 1. The minimum Gasteiger partial charge on any atom is -0.481 e. The Morgan fingerprint density at radius 3 is 2.52 bits per heavy atom. The molecular weight excluding hydrogens is 272 g/mol. The average molecular weight is 294 g/mol. The molecule has 1 heterocycles. The second-order valence-corrected chi connectivity index (χ2v) is 6.69. The Morgan fingerprint density at radius 2 is 1.95 bits per heavy atom. The molecule has 2 N–H and O–H groups in total. The summed E-state index contributed by atoms with van der Waals surface area (Å²) in [6.07, 6.45) is 5.41. The summed E-state index contributed by atoms with van der Waals surface area (Å²) < 4.78 is 0. The molecular formula is C15H22N2O4. The van der Waals surface area contributed by atoms with Gasteiger partial charge in [-0.1, -0.05) is 12.8 Å². The third-order valence-electron chi connectivity index (χ3n) is 5.13. The van der Waals surface area contributed by atoms with Crippen molar-refractivity contribution in [3.63, 3.8) is 0 Å². The maximum absolute atomic E-state index is 12.2. The minimum atomic E-state index is -0.817. The summed E-state index contributed by atoms with van der Waals surface area (Å²) in [7, 11) is 0. The van der Waals surface area contributed by atoms with Gasteiger partial charge in [0.1, 0.15) is 0 Å². The van der Waals surface area contributed by atoms with Gasteiger partial charge in [-0.3, -0.25) is 14.4 Å². The van der Waals surface area contributed by atoms with Crippen LogP contribution < -0.4 is 5.32 Å². The van der Waals surface area contributed by atoms with E-state index in [0.717, 1.165) is 25.7 Å². The lowest BCUT2D eigenvalue weighted by molar-refractivity contribution is -0.148. The van der Waals surface area contributed by atoms with Gasteiger partial charge < -0.3 is 15.3 Å². The van der Waals surface area contributed by atoms with Gasteiger partial charge in [0.15, 0.2) is 0 Å². The predicted molar refractivity (Wildman–Crippen MR) is 74.4 cm³/mol. The molecule has 2 saturated carbocycles. The SMILES string of the molecule is O=C(NCC1(C(=O)O)CCCC1)C1CC(=O)N(C2CC2)C1. The van der Waals surface area contributed by atoms with E-state index in [0.29, 0.717) is 25.4 Å². The van der Waals surface area contributed by atoms with E-state index < -0.39 is 11.4 Å². The topological polar surface area (TPSA) is 86.7 Å². The summed E-state index contributed by atoms with van der Waals surface area (Å²) in [5.74, 6) is -1.24. The zero-order chi connectivity index (χ0) is 15.0. The molecule has 0 aromatic rings. The van der Waals surface area contributed by atoms with Crippen LogP contribution in [-0.2, 0) is 14.4 Å². The highest BCUT2D eigenvalue weighted by Gasteiger charge is 2.44. The normalized spacial score (nSPS) is 27.9. The average Bonchev–Trinajstić information content (AvgIpc) is 3.03. The van der Waals surface area contributed by atoms with Gasteiger partial charge in [-0.25, -0.2) is 0 Å². The van der Waals surface area contributed by atoms with Gasteiger partial charge in [-0.2, -0.15) is 0 Å². The molecule has 21 heavy (non-hydrogen) atoms. The molecule has 1 aliphatic heterocycles. The monoisotopic (exact) mass is 294 g/mol. The fourth-order valence-corrected chi connectivity index (χ4v) is 3.57. The molecule has 116 valence electrons. The van der Waals surface area contributed by atoms with Crippen LogP contribution in [0.15, 0.2) is 0 Å². The molecule has 0 aromatic carbocycles. The number of hydrogen-bond acceptors (Lipinski definition) is 3. The number of amides is 2. The van der Waals surface area contributed by atoms with Crippen molar-refractivity contribution < 1.29 is 19.5 Å². The molecule has 3 aliphatic rings. The molecule has 0 aromatic heterocycles. The lowest BCUT2D eigenvalue weighted by atomic mass is 9.86. The number of likely N-dealkylation sites (tertiary alicyclic amines) is 1. The van der Waals surface area contributed by atoms with Crippen LogP contribution in [0.25, 0.3) is 0 Å². The number of nitrogens with one attached hydrogen (secondary N) is 1. The lowest BCUT2D eigenvalue weighted by Gasteiger charge is -2.24. The highest BCUT2D eigenvalue weighted by molar-refractivity contribution is 5.90. The first-order valence-corrected chi connectivity index (χ1v) is 7.82. The summed E-state index contributed by atoms with van der Waals surface area (Å²) in [5.41, 5.74) is -0.797. The quantitative estimate of drug-likeness (QED) is 0.783. The van der Waals surface area contributed by atoms with Crippen LogP contribution in [0.3, 0.4) is 0 Å². The zero-order valence-corrected chi connectivity index (χ0v) is 12.1. The molecule has 3 rings (SSSR count). The first-order valence-electron chi connectivity index (χ1n) is 7.82. The highest BCUT2D eigenvalue weighted by atomic mass is 16.4. The highest BCUT2D eigenvalue weighted by Crippen LogP contribution is 2.38. The molecule has 2 amide bonds. The van der Waals surface area contributed by atoms with Crippen LogP contribution in [0.4, 0.5) is 0 Å². The predicted octanol–water partition coefficient (Wildman–Crippen LogP) is 0.758. The molecule has 0 radical (unpaired) electrons. The third kappa shape index (κ3) is 2.76. The van der Waals surface area contributed by atoms with Crippen molar-refractivity contribution in [2.45, 2.75) is 51.0 Å². The number of rotatable bonds is 5. The largest absolute Gasteiger partial charge is 0.481 e. The first-order chi connectivity index (χ1) is 10.0. The third-order valence-corrected chi connectivity index (χ3v) is 5.13. The Kier molecular flexibility index (Phi) is 3.63. The van der Waals surface area contributed by atoms with Crippen LogP contribution in [0.1, 0.15) is 44.9 Å². The molecule has 6 heteroatoms. The Balaban J connectivity index is 1.54. The van der Waals surface area contributed by atoms with E-state index in [-0.39, 0.29) is 30.7 Å². The van der Waals surface area contributed by atoms with E-state index in [2.05, 4.69) is 5.32 Å². The van der Waals surface area contributed by atoms with E-state index in [1.807, 2.05) is 4.90 Å². The van der Waals surface area contributed by atoms with E-state index >= 15 is 0 Å². The van der Waals surface area contributed by atoms with Crippen molar-refractivity contribution in [1.82, 2.24) is 10.2 Å². The van der Waals surface area contributed by atoms with E-state index in [1.54, 1.807) is 0 Å². The number of carbonyl (C=O) groups excluding carboxylic acids is 2. The molecule has 1 atom stereocenters. The Labute approximate surface area is 123 Å². The fourth-order valence-electron chi connectivity index (χ4n) is 3.57. The molecule has 1 saturated heterocycles. The first kappa shape index (κ1) is 14.4. The maximum Gasteiger partial charge on any atom is 0.311 e. The molecule has 1 unspecified atom stereocenters. The summed E-state index contributed by atoms with van der Waals surface area (Å²) in [6.45, 7) is 0.685. The summed E-state index contributed by atoms with van der Waals surface area (Å²) >= 11 is 0. The van der Waals surface area contributed by atoms with Gasteiger partial charge in [0.05, 0.1) is 11.3 Å². The van der Waals surface area contributed by atoms with Crippen molar-refractivity contribution in [1.29, 1.82) is 0 Å². The van der Waals surface area contributed by atoms with E-state index in [1.165, 1.54) is 0 Å². The van der Waals surface area contributed by atoms with Crippen LogP contribution in [-0.4, -0.2) is 46.9 Å². The van der Waals surface area contributed by atoms with Crippen LogP contribution in [0, 0.1) is 11.3 Å². The van der Waals surface area contributed by atoms with Crippen LogP contribution in [0.2, 0.25) is 0 Å².